The van der Waals surface area contributed by atoms with Gasteiger partial charge in [0.25, 0.3) is 0 Å². The third kappa shape index (κ3) is 4.32. The summed E-state index contributed by atoms with van der Waals surface area (Å²) in [6.45, 7) is 0. The first-order chi connectivity index (χ1) is 12.1. The second-order valence-electron chi connectivity index (χ2n) is 6.07. The summed E-state index contributed by atoms with van der Waals surface area (Å²) in [6, 6.07) is 10.7. The van der Waals surface area contributed by atoms with Gasteiger partial charge in [-0.2, -0.15) is 5.11 Å². The van der Waals surface area contributed by atoms with Gasteiger partial charge in [-0.1, -0.05) is 37.5 Å². The average Bonchev–Trinajstić information content (AvgIpc) is 2.64. The van der Waals surface area contributed by atoms with Crippen molar-refractivity contribution in [2.24, 2.45) is 16.1 Å². The summed E-state index contributed by atoms with van der Waals surface area (Å²) in [4.78, 5) is 16.3. The van der Waals surface area contributed by atoms with Gasteiger partial charge in [0, 0.05) is 6.07 Å². The first kappa shape index (κ1) is 16.9. The second-order valence-corrected chi connectivity index (χ2v) is 6.07. The van der Waals surface area contributed by atoms with Crippen LogP contribution in [-0.4, -0.2) is 11.0 Å². The van der Waals surface area contributed by atoms with Gasteiger partial charge in [0.05, 0.1) is 11.6 Å². The number of carbonyl (C=O) groups excluding carboxylic acids is 1. The molecule has 0 radical (unpaired) electrons. The lowest BCUT2D eigenvalue weighted by Crippen LogP contribution is -2.23. The van der Waals surface area contributed by atoms with Crippen LogP contribution in [0.15, 0.2) is 46.6 Å². The average molecular weight is 339 g/mol. The summed E-state index contributed by atoms with van der Waals surface area (Å²) >= 11 is 0. The first-order valence-electron chi connectivity index (χ1n) is 8.38. The highest BCUT2D eigenvalue weighted by atomic mass is 16.5. The summed E-state index contributed by atoms with van der Waals surface area (Å²) in [5.74, 6) is 0.0192. The summed E-state index contributed by atoms with van der Waals surface area (Å²) in [5.41, 5.74) is 12.7. The van der Waals surface area contributed by atoms with Crippen molar-refractivity contribution in [3.8, 4) is 5.75 Å². The van der Waals surface area contributed by atoms with Crippen molar-refractivity contribution >= 4 is 29.0 Å². The van der Waals surface area contributed by atoms with E-state index in [1.54, 1.807) is 0 Å². The molecule has 1 fully saturated rings. The van der Waals surface area contributed by atoms with Gasteiger partial charge in [-0.05, 0) is 25.0 Å². The predicted octanol–water partition coefficient (Wildman–Crippen LogP) is 4.15. The van der Waals surface area contributed by atoms with Crippen LogP contribution in [0.25, 0.3) is 0 Å². The number of pyridine rings is 1. The fourth-order valence-electron chi connectivity index (χ4n) is 2.81. The Morgan fingerprint density at radius 1 is 1.04 bits per heavy atom. The van der Waals surface area contributed by atoms with E-state index in [1.165, 1.54) is 12.5 Å². The van der Waals surface area contributed by atoms with Crippen molar-refractivity contribution in [2.45, 2.75) is 32.1 Å². The normalized spacial score (nSPS) is 15.4. The van der Waals surface area contributed by atoms with Crippen molar-refractivity contribution in [3.63, 3.8) is 0 Å². The van der Waals surface area contributed by atoms with Gasteiger partial charge in [0.15, 0.2) is 17.4 Å². The number of anilines is 2. The number of benzene rings is 1. The van der Waals surface area contributed by atoms with E-state index in [9.17, 15) is 4.79 Å². The molecule has 0 unspecified atom stereocenters. The quantitative estimate of drug-likeness (QED) is 0.641. The Balaban J connectivity index is 1.78. The van der Waals surface area contributed by atoms with Crippen molar-refractivity contribution in [2.75, 3.05) is 11.5 Å². The molecule has 1 aliphatic rings. The minimum atomic E-state index is -0.274. The van der Waals surface area contributed by atoms with Crippen molar-refractivity contribution < 1.29 is 9.53 Å². The number of hydrogen-bond acceptors (Lipinski definition) is 7. The number of hydrogen-bond donors (Lipinski definition) is 2. The Hall–Kier alpha value is -2.96. The molecule has 1 aromatic heterocycles. The number of nitrogens with two attached hydrogens (primary N) is 2. The largest absolute Gasteiger partial charge is 0.422 e. The van der Waals surface area contributed by atoms with E-state index in [2.05, 4.69) is 15.2 Å². The maximum Gasteiger partial charge on any atom is 0.314 e. The molecule has 1 saturated carbocycles. The highest BCUT2D eigenvalue weighted by Crippen LogP contribution is 2.33. The molecule has 3 rings (SSSR count). The molecule has 0 saturated heterocycles. The molecular weight excluding hydrogens is 318 g/mol. The molecule has 25 heavy (non-hydrogen) atoms. The zero-order valence-corrected chi connectivity index (χ0v) is 13.9. The second kappa shape index (κ2) is 7.74. The van der Waals surface area contributed by atoms with Gasteiger partial charge < -0.3 is 16.2 Å². The van der Waals surface area contributed by atoms with Crippen LogP contribution in [0, 0.1) is 5.92 Å². The van der Waals surface area contributed by atoms with E-state index in [0.717, 1.165) is 25.7 Å². The molecule has 0 amide bonds. The van der Waals surface area contributed by atoms with Crippen molar-refractivity contribution in [1.82, 2.24) is 4.98 Å². The molecule has 7 nitrogen and oxygen atoms in total. The maximum atomic E-state index is 12.3. The summed E-state index contributed by atoms with van der Waals surface area (Å²) in [7, 11) is 0. The number of azo groups is 1. The smallest absolute Gasteiger partial charge is 0.314 e. The zero-order valence-electron chi connectivity index (χ0n) is 13.9. The highest BCUT2D eigenvalue weighted by molar-refractivity contribution is 5.78. The van der Waals surface area contributed by atoms with Crippen molar-refractivity contribution in [1.29, 1.82) is 0 Å². The standard InChI is InChI=1S/C18H21N5O2/c19-16-14(23-22-13-9-5-2-6-10-13)11-15(17(20)21-16)25-18(24)12-7-3-1-4-8-12/h2,5-6,9-12H,1,3-4,7-8H2,(H4,19,20,21). The Bertz CT molecular complexity index is 771. The lowest BCUT2D eigenvalue weighted by molar-refractivity contribution is -0.139. The lowest BCUT2D eigenvalue weighted by Gasteiger charge is -2.20. The van der Waals surface area contributed by atoms with Crippen LogP contribution in [0.2, 0.25) is 0 Å². The Morgan fingerprint density at radius 2 is 1.76 bits per heavy atom. The highest BCUT2D eigenvalue weighted by Gasteiger charge is 2.24. The van der Waals surface area contributed by atoms with Crippen LogP contribution in [0.5, 0.6) is 5.75 Å². The molecule has 0 bridgehead atoms. The van der Waals surface area contributed by atoms with E-state index in [4.69, 9.17) is 16.2 Å². The third-order valence-electron chi connectivity index (χ3n) is 4.20. The van der Waals surface area contributed by atoms with E-state index < -0.39 is 0 Å². The van der Waals surface area contributed by atoms with Gasteiger partial charge in [0.1, 0.15) is 5.69 Å². The zero-order chi connectivity index (χ0) is 17.6. The monoisotopic (exact) mass is 339 g/mol. The van der Waals surface area contributed by atoms with Gasteiger partial charge in [-0.15, -0.1) is 5.11 Å². The molecule has 0 atom stereocenters. The van der Waals surface area contributed by atoms with E-state index in [1.807, 2.05) is 30.3 Å². The number of ether oxygens (including phenoxy) is 1. The Morgan fingerprint density at radius 3 is 2.48 bits per heavy atom. The summed E-state index contributed by atoms with van der Waals surface area (Å²) in [6.07, 6.45) is 4.96. The summed E-state index contributed by atoms with van der Waals surface area (Å²) < 4.78 is 5.45. The minimum absolute atomic E-state index is 0.0697. The fourth-order valence-corrected chi connectivity index (χ4v) is 2.81. The van der Waals surface area contributed by atoms with Crippen LogP contribution < -0.4 is 16.2 Å². The molecule has 0 spiro atoms. The van der Waals surface area contributed by atoms with Crippen LogP contribution >= 0.6 is 0 Å². The summed E-state index contributed by atoms with van der Waals surface area (Å²) in [5, 5.41) is 8.19. The van der Waals surface area contributed by atoms with E-state index >= 15 is 0 Å². The van der Waals surface area contributed by atoms with Crippen LogP contribution in [0.1, 0.15) is 32.1 Å². The predicted molar refractivity (Wildman–Crippen MR) is 95.9 cm³/mol. The van der Waals surface area contributed by atoms with Gasteiger partial charge in [-0.25, -0.2) is 4.98 Å². The van der Waals surface area contributed by atoms with Crippen LogP contribution in [0.4, 0.5) is 23.0 Å². The SMILES string of the molecule is Nc1nc(N)c(OC(=O)C2CCCCC2)cc1N=Nc1ccccc1. The number of nitrogen functional groups attached to an aromatic ring is 2. The number of esters is 1. The van der Waals surface area contributed by atoms with Gasteiger partial charge >= 0.3 is 5.97 Å². The molecule has 1 aliphatic carbocycles. The molecule has 2 aromatic rings. The Labute approximate surface area is 146 Å². The number of aromatic nitrogens is 1. The number of rotatable bonds is 4. The Kier molecular flexibility index (Phi) is 5.23. The van der Waals surface area contributed by atoms with Gasteiger partial charge in [0.2, 0.25) is 0 Å². The molecule has 1 heterocycles. The molecule has 4 N–H and O–H groups in total. The maximum absolute atomic E-state index is 12.3. The van der Waals surface area contributed by atoms with Gasteiger partial charge in [-0.3, -0.25) is 4.79 Å². The third-order valence-corrected chi connectivity index (χ3v) is 4.20. The molecular formula is C18H21N5O2. The lowest BCUT2D eigenvalue weighted by atomic mass is 9.89. The topological polar surface area (TPSA) is 116 Å². The number of nitrogens with zero attached hydrogens (tertiary/aromatic N) is 3. The fraction of sp³-hybridized carbons (Fsp3) is 0.333. The number of carbonyl (C=O) groups is 1. The van der Waals surface area contributed by atoms with Crippen LogP contribution in [0.3, 0.4) is 0 Å². The first-order valence-corrected chi connectivity index (χ1v) is 8.38. The molecule has 0 aliphatic heterocycles. The minimum Gasteiger partial charge on any atom is -0.422 e. The molecule has 1 aromatic carbocycles. The van der Waals surface area contributed by atoms with E-state index in [-0.39, 0.29) is 29.3 Å². The van der Waals surface area contributed by atoms with Crippen LogP contribution in [-0.2, 0) is 4.79 Å². The molecule has 130 valence electrons. The molecule has 7 heteroatoms. The van der Waals surface area contributed by atoms with E-state index in [0.29, 0.717) is 11.4 Å². The van der Waals surface area contributed by atoms with Crippen molar-refractivity contribution in [3.05, 3.63) is 36.4 Å².